The van der Waals surface area contributed by atoms with E-state index in [1.807, 2.05) is 24.3 Å². The van der Waals surface area contributed by atoms with Crippen LogP contribution in [0.2, 0.25) is 19.6 Å². The molecule has 1 rings (SSSR count). The van der Waals surface area contributed by atoms with Gasteiger partial charge in [-0.2, -0.15) is 0 Å². The molecule has 0 saturated heterocycles. The molecule has 0 aromatic heterocycles. The summed E-state index contributed by atoms with van der Waals surface area (Å²) in [4.78, 5) is 0. The molecule has 0 amide bonds. The highest BCUT2D eigenvalue weighted by Gasteiger charge is 2.15. The zero-order valence-electron chi connectivity index (χ0n) is 9.53. The maximum Gasteiger partial charge on any atom is 0.229 e. The van der Waals surface area contributed by atoms with E-state index in [2.05, 4.69) is 24.4 Å². The molecule has 0 aliphatic carbocycles. The Hall–Kier alpha value is -0.813. The third-order valence-electron chi connectivity index (χ3n) is 2.05. The Morgan fingerprint density at radius 1 is 1.07 bits per heavy atom. The van der Waals surface area contributed by atoms with Crippen molar-refractivity contribution in [1.82, 2.24) is 0 Å². The van der Waals surface area contributed by atoms with Crippen molar-refractivity contribution in [1.29, 1.82) is 0 Å². The van der Waals surface area contributed by atoms with Gasteiger partial charge in [0.2, 0.25) is 10.0 Å². The fourth-order valence-electron chi connectivity index (χ4n) is 1.25. The lowest BCUT2D eigenvalue weighted by Crippen LogP contribution is -2.37. The fraction of sp³-hybridized carbons (Fsp3) is 0.400. The van der Waals surface area contributed by atoms with Gasteiger partial charge in [-0.15, -0.1) is 0 Å². The molecular formula is C10H17NO2SSi. The highest BCUT2D eigenvalue weighted by atomic mass is 32.2. The summed E-state index contributed by atoms with van der Waals surface area (Å²) in [5.41, 5.74) is 0.625. The first-order valence-corrected chi connectivity index (χ1v) is 10.2. The summed E-state index contributed by atoms with van der Waals surface area (Å²) in [6.07, 6.45) is 1.15. The number of sulfonamides is 1. The van der Waals surface area contributed by atoms with Crippen LogP contribution in [0.3, 0.4) is 0 Å². The molecule has 0 atom stereocenters. The van der Waals surface area contributed by atoms with E-state index >= 15 is 0 Å². The van der Waals surface area contributed by atoms with Crippen LogP contribution in [-0.4, -0.2) is 22.7 Å². The van der Waals surface area contributed by atoms with E-state index in [0.29, 0.717) is 5.69 Å². The standard InChI is InChI=1S/C10H17NO2SSi/c1-14(12,13)11-9-5-7-10(8-6-9)15(2,3)4/h5-8,11H,1-4H3. The van der Waals surface area contributed by atoms with Crippen LogP contribution in [0.15, 0.2) is 24.3 Å². The van der Waals surface area contributed by atoms with Crippen LogP contribution in [0.1, 0.15) is 0 Å². The smallest absolute Gasteiger partial charge is 0.229 e. The zero-order valence-corrected chi connectivity index (χ0v) is 11.4. The van der Waals surface area contributed by atoms with E-state index in [9.17, 15) is 8.42 Å². The molecule has 0 saturated carbocycles. The Morgan fingerprint density at radius 2 is 1.53 bits per heavy atom. The lowest BCUT2D eigenvalue weighted by atomic mass is 10.3. The van der Waals surface area contributed by atoms with Crippen molar-refractivity contribution in [2.75, 3.05) is 11.0 Å². The lowest BCUT2D eigenvalue weighted by molar-refractivity contribution is 0.607. The van der Waals surface area contributed by atoms with Crippen molar-refractivity contribution < 1.29 is 8.42 Å². The largest absolute Gasteiger partial charge is 0.284 e. The number of benzene rings is 1. The Balaban J connectivity index is 2.91. The minimum Gasteiger partial charge on any atom is -0.284 e. The van der Waals surface area contributed by atoms with E-state index in [1.54, 1.807) is 0 Å². The molecule has 84 valence electrons. The Labute approximate surface area is 92.6 Å². The van der Waals surface area contributed by atoms with E-state index in [4.69, 9.17) is 0 Å². The SMILES string of the molecule is C[Si](C)(C)c1ccc(NS(C)(=O)=O)cc1. The molecule has 0 fully saturated rings. The van der Waals surface area contributed by atoms with Crippen LogP contribution in [-0.2, 0) is 10.0 Å². The molecule has 5 heteroatoms. The molecule has 1 aromatic carbocycles. The quantitative estimate of drug-likeness (QED) is 0.820. The molecule has 0 aliphatic heterocycles. The van der Waals surface area contributed by atoms with E-state index in [1.165, 1.54) is 5.19 Å². The highest BCUT2D eigenvalue weighted by Crippen LogP contribution is 2.09. The summed E-state index contributed by atoms with van der Waals surface area (Å²) in [5.74, 6) is 0. The molecular weight excluding hydrogens is 226 g/mol. The van der Waals surface area contributed by atoms with Crippen LogP contribution in [0, 0.1) is 0 Å². The number of hydrogen-bond donors (Lipinski definition) is 1. The van der Waals surface area contributed by atoms with Crippen molar-refractivity contribution in [2.45, 2.75) is 19.6 Å². The molecule has 0 radical (unpaired) electrons. The van der Waals surface area contributed by atoms with Crippen LogP contribution in [0.4, 0.5) is 5.69 Å². The van der Waals surface area contributed by atoms with Gasteiger partial charge in [-0.05, 0) is 12.1 Å². The minimum absolute atomic E-state index is 0.625. The van der Waals surface area contributed by atoms with Crippen molar-refractivity contribution in [3.8, 4) is 0 Å². The van der Waals surface area contributed by atoms with Crippen molar-refractivity contribution in [3.63, 3.8) is 0 Å². The highest BCUT2D eigenvalue weighted by molar-refractivity contribution is 7.92. The van der Waals surface area contributed by atoms with Gasteiger partial charge < -0.3 is 0 Å². The summed E-state index contributed by atoms with van der Waals surface area (Å²) in [6, 6.07) is 7.63. The van der Waals surface area contributed by atoms with Crippen LogP contribution < -0.4 is 9.91 Å². The third kappa shape index (κ3) is 4.05. The third-order valence-corrected chi connectivity index (χ3v) is 4.73. The molecule has 0 unspecified atom stereocenters. The summed E-state index contributed by atoms with van der Waals surface area (Å²) in [7, 11) is -4.46. The van der Waals surface area contributed by atoms with Crippen molar-refractivity contribution >= 4 is 29.0 Å². The maximum atomic E-state index is 11.0. The van der Waals surface area contributed by atoms with Gasteiger partial charge in [0, 0.05) is 5.69 Å². The van der Waals surface area contributed by atoms with Gasteiger partial charge in [0.25, 0.3) is 0 Å². The molecule has 0 heterocycles. The van der Waals surface area contributed by atoms with Gasteiger partial charge in [0.15, 0.2) is 0 Å². The monoisotopic (exact) mass is 243 g/mol. The fourth-order valence-corrected chi connectivity index (χ4v) is 2.98. The molecule has 1 aromatic rings. The average Bonchev–Trinajstić information content (AvgIpc) is 2.00. The van der Waals surface area contributed by atoms with Gasteiger partial charge in [-0.25, -0.2) is 8.42 Å². The number of anilines is 1. The first kappa shape index (κ1) is 12.3. The Morgan fingerprint density at radius 3 is 1.87 bits per heavy atom. The first-order valence-electron chi connectivity index (χ1n) is 4.77. The van der Waals surface area contributed by atoms with E-state index < -0.39 is 18.1 Å². The molecule has 15 heavy (non-hydrogen) atoms. The van der Waals surface area contributed by atoms with Crippen molar-refractivity contribution in [3.05, 3.63) is 24.3 Å². The van der Waals surface area contributed by atoms with Crippen LogP contribution >= 0.6 is 0 Å². The Kier molecular flexibility index (Phi) is 3.25. The molecule has 0 spiro atoms. The van der Waals surface area contributed by atoms with E-state index in [0.717, 1.165) is 6.26 Å². The molecule has 0 bridgehead atoms. The van der Waals surface area contributed by atoms with E-state index in [-0.39, 0.29) is 0 Å². The van der Waals surface area contributed by atoms with Crippen LogP contribution in [0.5, 0.6) is 0 Å². The lowest BCUT2D eigenvalue weighted by Gasteiger charge is -2.16. The second kappa shape index (κ2) is 3.98. The summed E-state index contributed by atoms with van der Waals surface area (Å²) in [6.45, 7) is 6.77. The first-order chi connectivity index (χ1) is 6.68. The number of hydrogen-bond acceptors (Lipinski definition) is 2. The predicted octanol–water partition coefficient (Wildman–Crippen LogP) is 1.60. The average molecular weight is 243 g/mol. The van der Waals surface area contributed by atoms with Gasteiger partial charge in [-0.3, -0.25) is 4.72 Å². The maximum absolute atomic E-state index is 11.0. The van der Waals surface area contributed by atoms with Gasteiger partial charge >= 0.3 is 0 Å². The van der Waals surface area contributed by atoms with Crippen molar-refractivity contribution in [2.24, 2.45) is 0 Å². The summed E-state index contributed by atoms with van der Waals surface area (Å²) in [5, 5.41) is 1.32. The van der Waals surface area contributed by atoms with Crippen LogP contribution in [0.25, 0.3) is 0 Å². The summed E-state index contributed by atoms with van der Waals surface area (Å²) < 4.78 is 24.4. The molecule has 3 nitrogen and oxygen atoms in total. The Bertz CT molecular complexity index is 431. The topological polar surface area (TPSA) is 46.2 Å². The van der Waals surface area contributed by atoms with Gasteiger partial charge in [-0.1, -0.05) is 37.0 Å². The molecule has 0 aliphatic rings. The number of rotatable bonds is 3. The van der Waals surface area contributed by atoms with Gasteiger partial charge in [0.05, 0.1) is 14.3 Å². The van der Waals surface area contributed by atoms with Gasteiger partial charge in [0.1, 0.15) is 0 Å². The second-order valence-electron chi connectivity index (χ2n) is 4.70. The molecule has 1 N–H and O–H groups in total. The number of nitrogens with one attached hydrogen (secondary N) is 1. The minimum atomic E-state index is -3.16. The normalized spacial score (nSPS) is 12.5. The predicted molar refractivity (Wildman–Crippen MR) is 67.9 cm³/mol. The second-order valence-corrected chi connectivity index (χ2v) is 11.5. The summed E-state index contributed by atoms with van der Waals surface area (Å²) >= 11 is 0. The zero-order chi connectivity index (χ0) is 11.7.